The lowest BCUT2D eigenvalue weighted by Gasteiger charge is -2.60. The minimum atomic E-state index is -0.368. The molecule has 0 aromatic carbocycles. The quantitative estimate of drug-likeness (QED) is 0.755. The van der Waals surface area contributed by atoms with Gasteiger partial charge in [-0.3, -0.25) is 0 Å². The Morgan fingerprint density at radius 1 is 1.27 bits per heavy atom. The average molecular weight is 304 g/mol. The molecule has 0 aliphatic heterocycles. The predicted molar refractivity (Wildman–Crippen MR) is 90.4 cm³/mol. The molecule has 0 saturated heterocycles. The van der Waals surface area contributed by atoms with Gasteiger partial charge in [0.15, 0.2) is 0 Å². The van der Waals surface area contributed by atoms with Crippen molar-refractivity contribution in [2.75, 3.05) is 6.61 Å². The number of fused-ring (bicyclic) bond motifs is 3. The van der Waals surface area contributed by atoms with Gasteiger partial charge in [-0.15, -0.1) is 6.58 Å². The molecule has 124 valence electrons. The lowest BCUT2D eigenvalue weighted by molar-refractivity contribution is -0.147. The summed E-state index contributed by atoms with van der Waals surface area (Å²) in [5.74, 6) is 1.01. The molecule has 2 N–H and O–H groups in total. The molecule has 2 nitrogen and oxygen atoms in total. The predicted octanol–water partition coefficient (Wildman–Crippen LogP) is 4.08. The Labute approximate surface area is 135 Å². The van der Waals surface area contributed by atoms with Gasteiger partial charge in [0, 0.05) is 5.41 Å². The van der Waals surface area contributed by atoms with E-state index in [9.17, 15) is 10.2 Å². The first-order chi connectivity index (χ1) is 10.3. The Morgan fingerprint density at radius 2 is 2.00 bits per heavy atom. The third kappa shape index (κ3) is 2.14. The summed E-state index contributed by atoms with van der Waals surface area (Å²) in [5, 5.41) is 20.5. The van der Waals surface area contributed by atoms with Crippen LogP contribution in [0.25, 0.3) is 0 Å². The highest BCUT2D eigenvalue weighted by molar-refractivity contribution is 5.25. The van der Waals surface area contributed by atoms with Crippen LogP contribution in [0.5, 0.6) is 0 Å². The Balaban J connectivity index is 1.96. The van der Waals surface area contributed by atoms with E-state index in [0.29, 0.717) is 11.8 Å². The summed E-state index contributed by atoms with van der Waals surface area (Å²) in [6.45, 7) is 11.0. The van der Waals surface area contributed by atoms with Crippen molar-refractivity contribution in [1.29, 1.82) is 0 Å². The number of rotatable bonds is 2. The van der Waals surface area contributed by atoms with Crippen molar-refractivity contribution >= 4 is 0 Å². The van der Waals surface area contributed by atoms with Gasteiger partial charge in [0.1, 0.15) is 0 Å². The molecular weight excluding hydrogens is 272 g/mol. The third-order valence-corrected chi connectivity index (χ3v) is 7.61. The Morgan fingerprint density at radius 3 is 2.64 bits per heavy atom. The lowest BCUT2D eigenvalue weighted by atomic mass is 9.45. The van der Waals surface area contributed by atoms with Crippen molar-refractivity contribution < 1.29 is 10.2 Å². The van der Waals surface area contributed by atoms with Gasteiger partial charge in [0.25, 0.3) is 0 Å². The number of aliphatic hydroxyl groups is 2. The van der Waals surface area contributed by atoms with Crippen LogP contribution >= 0.6 is 0 Å². The second-order valence-electron chi connectivity index (χ2n) is 8.92. The molecule has 2 fully saturated rings. The maximum absolute atomic E-state index is 10.5. The van der Waals surface area contributed by atoms with Crippen LogP contribution in [0.3, 0.4) is 0 Å². The first-order valence-corrected chi connectivity index (χ1v) is 8.90. The van der Waals surface area contributed by atoms with E-state index < -0.39 is 0 Å². The van der Waals surface area contributed by atoms with Crippen molar-refractivity contribution in [2.24, 2.45) is 28.1 Å². The highest BCUT2D eigenvalue weighted by Gasteiger charge is 2.58. The summed E-state index contributed by atoms with van der Waals surface area (Å²) in [5.41, 5.74) is 1.74. The van der Waals surface area contributed by atoms with Crippen molar-refractivity contribution in [3.63, 3.8) is 0 Å². The lowest BCUT2D eigenvalue weighted by Crippen LogP contribution is -2.57. The van der Waals surface area contributed by atoms with Crippen molar-refractivity contribution in [3.8, 4) is 0 Å². The molecule has 0 spiro atoms. The van der Waals surface area contributed by atoms with Crippen molar-refractivity contribution in [3.05, 3.63) is 24.3 Å². The van der Waals surface area contributed by atoms with Gasteiger partial charge in [-0.2, -0.15) is 0 Å². The van der Waals surface area contributed by atoms with E-state index in [1.807, 2.05) is 0 Å². The maximum atomic E-state index is 10.5. The van der Waals surface area contributed by atoms with E-state index in [0.717, 1.165) is 25.7 Å². The van der Waals surface area contributed by atoms with Crippen LogP contribution in [0.2, 0.25) is 0 Å². The number of aliphatic hydroxyl groups excluding tert-OH is 2. The Bertz CT molecular complexity index is 496. The highest BCUT2D eigenvalue weighted by atomic mass is 16.3. The normalized spacial score (nSPS) is 51.5. The molecule has 2 heteroatoms. The smallest absolute Gasteiger partial charge is 0.0618 e. The summed E-state index contributed by atoms with van der Waals surface area (Å²) >= 11 is 0. The van der Waals surface area contributed by atoms with Crippen LogP contribution in [0.1, 0.15) is 59.3 Å². The molecule has 0 radical (unpaired) electrons. The van der Waals surface area contributed by atoms with Crippen LogP contribution in [0.4, 0.5) is 0 Å². The highest BCUT2D eigenvalue weighted by Crippen LogP contribution is 2.63. The molecule has 3 aliphatic rings. The molecule has 0 aromatic rings. The van der Waals surface area contributed by atoms with E-state index in [4.69, 9.17) is 0 Å². The van der Waals surface area contributed by atoms with Crippen LogP contribution in [-0.2, 0) is 0 Å². The number of hydrogen-bond donors (Lipinski definition) is 2. The summed E-state index contributed by atoms with van der Waals surface area (Å²) in [6, 6.07) is 0. The van der Waals surface area contributed by atoms with E-state index >= 15 is 0 Å². The van der Waals surface area contributed by atoms with Gasteiger partial charge in [-0.05, 0) is 61.2 Å². The van der Waals surface area contributed by atoms with Crippen molar-refractivity contribution in [1.82, 2.24) is 0 Å². The zero-order valence-electron chi connectivity index (χ0n) is 14.4. The van der Waals surface area contributed by atoms with Crippen LogP contribution in [0, 0.1) is 28.1 Å². The van der Waals surface area contributed by atoms with Crippen molar-refractivity contribution in [2.45, 2.75) is 65.4 Å². The van der Waals surface area contributed by atoms with Gasteiger partial charge in [-0.25, -0.2) is 0 Å². The Kier molecular flexibility index (Phi) is 3.85. The second-order valence-corrected chi connectivity index (χ2v) is 8.92. The summed E-state index contributed by atoms with van der Waals surface area (Å²) in [4.78, 5) is 0. The Hall–Kier alpha value is -0.600. The SMILES string of the molecule is C=C[C@@]1(C)CC[C@H]2C(=CC[C@H]3[C@](C)(CO)[C@@H](O)CC[C@@]32C)C1. The standard InChI is InChI=1S/C20H32O2/c1-5-18(2)10-8-15-14(12-18)6-7-16-19(15,3)11-9-17(22)20(16,4)13-21/h5-6,15-17,21-22H,1,7-13H2,2-4H3/t15-,16+,17-,18-,19+,20-/m0/s1. The molecule has 0 bridgehead atoms. The largest absolute Gasteiger partial charge is 0.396 e. The van der Waals surface area contributed by atoms with Gasteiger partial charge in [0.2, 0.25) is 0 Å². The molecule has 0 heterocycles. The first-order valence-electron chi connectivity index (χ1n) is 8.90. The van der Waals surface area contributed by atoms with Gasteiger partial charge in [0.05, 0.1) is 12.7 Å². The molecular formula is C20H32O2. The number of allylic oxidation sites excluding steroid dienone is 3. The fourth-order valence-electron chi connectivity index (χ4n) is 5.86. The number of hydrogen-bond acceptors (Lipinski definition) is 2. The minimum Gasteiger partial charge on any atom is -0.396 e. The summed E-state index contributed by atoms with van der Waals surface area (Å²) in [6.07, 6.45) is 10.7. The molecule has 6 atom stereocenters. The van der Waals surface area contributed by atoms with E-state index in [1.54, 1.807) is 5.57 Å². The topological polar surface area (TPSA) is 40.5 Å². The third-order valence-electron chi connectivity index (χ3n) is 7.61. The first kappa shape index (κ1) is 16.3. The van der Waals surface area contributed by atoms with Gasteiger partial charge in [-0.1, -0.05) is 38.5 Å². The molecule has 22 heavy (non-hydrogen) atoms. The van der Waals surface area contributed by atoms with E-state index in [-0.39, 0.29) is 29.0 Å². The van der Waals surface area contributed by atoms with E-state index in [2.05, 4.69) is 39.5 Å². The average Bonchev–Trinajstić information content (AvgIpc) is 2.51. The van der Waals surface area contributed by atoms with Gasteiger partial charge >= 0.3 is 0 Å². The summed E-state index contributed by atoms with van der Waals surface area (Å²) in [7, 11) is 0. The molecule has 2 saturated carbocycles. The maximum Gasteiger partial charge on any atom is 0.0618 e. The molecule has 0 amide bonds. The molecule has 0 aromatic heterocycles. The zero-order valence-corrected chi connectivity index (χ0v) is 14.4. The van der Waals surface area contributed by atoms with Gasteiger partial charge < -0.3 is 10.2 Å². The zero-order chi connectivity index (χ0) is 16.2. The van der Waals surface area contributed by atoms with Crippen LogP contribution < -0.4 is 0 Å². The molecule has 3 rings (SSSR count). The minimum absolute atomic E-state index is 0.0920. The monoisotopic (exact) mass is 304 g/mol. The molecule has 0 unspecified atom stereocenters. The fourth-order valence-corrected chi connectivity index (χ4v) is 5.86. The second kappa shape index (κ2) is 5.21. The fraction of sp³-hybridized carbons (Fsp3) is 0.800. The van der Waals surface area contributed by atoms with E-state index in [1.165, 1.54) is 12.8 Å². The van der Waals surface area contributed by atoms with Crippen LogP contribution in [-0.4, -0.2) is 22.9 Å². The molecule has 3 aliphatic carbocycles. The summed E-state index contributed by atoms with van der Waals surface area (Å²) < 4.78 is 0. The van der Waals surface area contributed by atoms with Crippen LogP contribution in [0.15, 0.2) is 24.3 Å².